The zero-order valence-corrected chi connectivity index (χ0v) is 24.5. The second-order valence-corrected chi connectivity index (χ2v) is 12.2. The zero-order valence-electron chi connectivity index (χ0n) is 20.0. The molecule has 0 N–H and O–H groups in total. The number of alkyl halides is 6. The van der Waals surface area contributed by atoms with Crippen LogP contribution in [0.2, 0.25) is 0 Å². The van der Waals surface area contributed by atoms with E-state index in [4.69, 9.17) is 69.6 Å². The van der Waals surface area contributed by atoms with Crippen LogP contribution in [0.1, 0.15) is 81.3 Å². The molecule has 0 spiro atoms. The van der Waals surface area contributed by atoms with Gasteiger partial charge >= 0.3 is 0 Å². The van der Waals surface area contributed by atoms with E-state index in [0.29, 0.717) is 0 Å². The molecular formula is C28H27Cl6. The van der Waals surface area contributed by atoms with Crippen molar-refractivity contribution in [2.24, 2.45) is 0 Å². The standard InChI is InChI=1S/C28H27Cl6/c1-13-7-16(4)22(19(10-13)26(29)30)25(23-17(5)8-14(2)11-20(23)27(31)32)24-18(6)9-15(3)12-21(24)28(33)34/h7-12,26-28H,1-6H3. The van der Waals surface area contributed by atoms with Gasteiger partial charge in [0.25, 0.3) is 0 Å². The van der Waals surface area contributed by atoms with Gasteiger partial charge in [0.05, 0.1) is 5.92 Å². The third-order valence-electron chi connectivity index (χ3n) is 5.99. The van der Waals surface area contributed by atoms with Crippen LogP contribution in [0.25, 0.3) is 0 Å². The predicted octanol–water partition coefficient (Wildman–Crippen LogP) is 11.0. The Morgan fingerprint density at radius 3 is 0.882 bits per heavy atom. The zero-order chi connectivity index (χ0) is 25.5. The summed E-state index contributed by atoms with van der Waals surface area (Å²) in [6.45, 7) is 12.3. The van der Waals surface area contributed by atoms with Crippen molar-refractivity contribution in [1.29, 1.82) is 0 Å². The molecule has 0 saturated heterocycles. The first kappa shape index (κ1) is 28.0. The smallest absolute Gasteiger partial charge is 0.100 e. The fourth-order valence-electron chi connectivity index (χ4n) is 4.92. The molecule has 0 atom stereocenters. The molecule has 0 aliphatic rings. The Morgan fingerprint density at radius 2 is 0.676 bits per heavy atom. The molecule has 6 heteroatoms. The highest BCUT2D eigenvalue weighted by atomic mass is 35.5. The number of hydrogen-bond acceptors (Lipinski definition) is 0. The van der Waals surface area contributed by atoms with Crippen LogP contribution in [0.4, 0.5) is 0 Å². The lowest BCUT2D eigenvalue weighted by Gasteiger charge is -2.31. The van der Waals surface area contributed by atoms with Crippen molar-refractivity contribution >= 4 is 69.6 Å². The van der Waals surface area contributed by atoms with Crippen molar-refractivity contribution < 1.29 is 0 Å². The van der Waals surface area contributed by atoms with Crippen molar-refractivity contribution in [1.82, 2.24) is 0 Å². The Kier molecular flexibility index (Phi) is 9.22. The Labute approximate surface area is 233 Å². The molecule has 0 unspecified atom stereocenters. The van der Waals surface area contributed by atoms with E-state index in [2.05, 4.69) is 39.0 Å². The Hall–Kier alpha value is -0.600. The van der Waals surface area contributed by atoms with E-state index in [-0.39, 0.29) is 0 Å². The highest BCUT2D eigenvalue weighted by molar-refractivity contribution is 6.45. The lowest BCUT2D eigenvalue weighted by molar-refractivity contribution is 1.05. The molecule has 0 fully saturated rings. The molecule has 3 aromatic carbocycles. The summed E-state index contributed by atoms with van der Waals surface area (Å²) in [5.41, 5.74) is 11.6. The third kappa shape index (κ3) is 5.69. The first-order chi connectivity index (χ1) is 15.8. The van der Waals surface area contributed by atoms with Crippen LogP contribution in [-0.4, -0.2) is 0 Å². The van der Waals surface area contributed by atoms with Gasteiger partial charge in [0.2, 0.25) is 0 Å². The number of aryl methyl sites for hydroxylation is 6. The maximum absolute atomic E-state index is 6.55. The molecule has 181 valence electrons. The summed E-state index contributed by atoms with van der Waals surface area (Å²) in [5, 5.41) is 0. The van der Waals surface area contributed by atoms with Gasteiger partial charge in [0.15, 0.2) is 0 Å². The Bertz CT molecular complexity index is 1060. The maximum atomic E-state index is 6.55. The molecule has 34 heavy (non-hydrogen) atoms. The van der Waals surface area contributed by atoms with Gasteiger partial charge in [-0.2, -0.15) is 0 Å². The lowest BCUT2D eigenvalue weighted by Crippen LogP contribution is -2.17. The topological polar surface area (TPSA) is 0 Å². The van der Waals surface area contributed by atoms with Crippen LogP contribution in [-0.2, 0) is 0 Å². The molecule has 0 bridgehead atoms. The van der Waals surface area contributed by atoms with Crippen molar-refractivity contribution in [3.05, 3.63) is 109 Å². The molecule has 0 aliphatic heterocycles. The van der Waals surface area contributed by atoms with Gasteiger partial charge in [-0.25, -0.2) is 0 Å². The number of rotatable bonds is 6. The van der Waals surface area contributed by atoms with Crippen LogP contribution in [0, 0.1) is 47.5 Å². The van der Waals surface area contributed by atoms with Gasteiger partial charge in [0.1, 0.15) is 14.5 Å². The Balaban J connectivity index is 2.59. The summed E-state index contributed by atoms with van der Waals surface area (Å²) < 4.78 is 0. The molecule has 0 aliphatic carbocycles. The summed E-state index contributed by atoms with van der Waals surface area (Å²) in [7, 11) is 0. The summed E-state index contributed by atoms with van der Waals surface area (Å²) in [6, 6.07) is 12.4. The van der Waals surface area contributed by atoms with E-state index in [1.165, 1.54) is 0 Å². The van der Waals surface area contributed by atoms with Crippen LogP contribution in [0.5, 0.6) is 0 Å². The largest absolute Gasteiger partial charge is 0.133 e. The van der Waals surface area contributed by atoms with E-state index in [1.54, 1.807) is 0 Å². The molecule has 0 nitrogen and oxygen atoms in total. The molecule has 0 aromatic heterocycles. The Morgan fingerprint density at radius 1 is 0.441 bits per heavy atom. The molecule has 3 aromatic rings. The van der Waals surface area contributed by atoms with Gasteiger partial charge in [-0.3, -0.25) is 0 Å². The number of hydrogen-bond donors (Lipinski definition) is 0. The van der Waals surface area contributed by atoms with Gasteiger partial charge in [-0.15, -0.1) is 69.6 Å². The third-order valence-corrected chi connectivity index (χ3v) is 7.40. The molecule has 1 radical (unpaired) electrons. The fourth-order valence-corrected chi connectivity index (χ4v) is 5.95. The number of benzene rings is 3. The predicted molar refractivity (Wildman–Crippen MR) is 152 cm³/mol. The first-order valence-corrected chi connectivity index (χ1v) is 13.5. The van der Waals surface area contributed by atoms with Gasteiger partial charge in [-0.05, 0) is 91.6 Å². The lowest BCUT2D eigenvalue weighted by atomic mass is 9.74. The van der Waals surface area contributed by atoms with Gasteiger partial charge in [0, 0.05) is 0 Å². The summed E-state index contributed by atoms with van der Waals surface area (Å²) in [6.07, 6.45) is 0. The molecular weight excluding hydrogens is 549 g/mol. The second kappa shape index (κ2) is 11.2. The SMILES string of the molecule is Cc1cc(C)c([C](c2c(C)cc(C)cc2C(Cl)Cl)c2c(C)cc(C)cc2C(Cl)Cl)c(C(Cl)Cl)c1. The summed E-state index contributed by atoms with van der Waals surface area (Å²) in [4.78, 5) is -2.21. The summed E-state index contributed by atoms with van der Waals surface area (Å²) in [5.74, 6) is 0.927. The maximum Gasteiger partial charge on any atom is 0.133 e. The highest BCUT2D eigenvalue weighted by Gasteiger charge is 2.33. The second-order valence-electron chi connectivity index (χ2n) is 8.92. The van der Waals surface area contributed by atoms with Gasteiger partial charge < -0.3 is 0 Å². The molecule has 0 heterocycles. The minimum absolute atomic E-state index is 0.738. The molecule has 3 rings (SSSR count). The van der Waals surface area contributed by atoms with Crippen LogP contribution >= 0.6 is 69.6 Å². The fraction of sp³-hybridized carbons (Fsp3) is 0.321. The van der Waals surface area contributed by atoms with Crippen molar-refractivity contribution in [3.8, 4) is 0 Å². The van der Waals surface area contributed by atoms with E-state index in [0.717, 1.165) is 72.7 Å². The van der Waals surface area contributed by atoms with E-state index >= 15 is 0 Å². The normalized spacial score (nSPS) is 12.0. The monoisotopic (exact) mass is 573 g/mol. The van der Waals surface area contributed by atoms with Crippen molar-refractivity contribution in [2.45, 2.75) is 56.1 Å². The number of halogens is 6. The minimum atomic E-state index is -0.738. The van der Waals surface area contributed by atoms with Crippen LogP contribution < -0.4 is 0 Å². The van der Waals surface area contributed by atoms with Crippen molar-refractivity contribution in [2.75, 3.05) is 0 Å². The quantitative estimate of drug-likeness (QED) is 0.202. The average molecular weight is 576 g/mol. The molecule has 0 amide bonds. The average Bonchev–Trinajstić information content (AvgIpc) is 2.70. The van der Waals surface area contributed by atoms with E-state index < -0.39 is 14.5 Å². The minimum Gasteiger partial charge on any atom is -0.100 e. The van der Waals surface area contributed by atoms with E-state index in [1.807, 2.05) is 39.0 Å². The molecule has 0 saturated carbocycles. The van der Waals surface area contributed by atoms with Crippen LogP contribution in [0.15, 0.2) is 36.4 Å². The van der Waals surface area contributed by atoms with Crippen LogP contribution in [0.3, 0.4) is 0 Å². The summed E-state index contributed by atoms with van der Waals surface area (Å²) >= 11 is 39.3. The highest BCUT2D eigenvalue weighted by Crippen LogP contribution is 2.48. The van der Waals surface area contributed by atoms with Crippen molar-refractivity contribution in [3.63, 3.8) is 0 Å². The van der Waals surface area contributed by atoms with E-state index in [9.17, 15) is 0 Å². The first-order valence-electron chi connectivity index (χ1n) is 10.9. The van der Waals surface area contributed by atoms with Gasteiger partial charge in [-0.1, -0.05) is 53.1 Å².